The van der Waals surface area contributed by atoms with Gasteiger partial charge in [-0.1, -0.05) is 4.83 Å². The van der Waals surface area contributed by atoms with E-state index in [1.54, 1.807) is 0 Å². The van der Waals surface area contributed by atoms with Gasteiger partial charge in [0.15, 0.2) is 0 Å². The van der Waals surface area contributed by atoms with E-state index in [9.17, 15) is 10.1 Å². The Hall–Kier alpha value is -0.795. The molecule has 3 nitrogen and oxygen atoms in total. The first-order chi connectivity index (χ1) is 3.30. The first kappa shape index (κ1) is 3.24. The van der Waals surface area contributed by atoms with Gasteiger partial charge in [-0.05, 0) is 17.4 Å². The van der Waals surface area contributed by atoms with Crippen molar-refractivity contribution in [2.24, 2.45) is 0 Å². The first-order valence-electron chi connectivity index (χ1n) is 2.16. The van der Waals surface area contributed by atoms with Crippen molar-refractivity contribution in [3.63, 3.8) is 0 Å². The largest absolute Gasteiger partial charge is 0.608 e. The standard InChI is InChI=1S/C3H2BNO2/c6-5(7)4-2-1-3(2)4/h1H2. The summed E-state index contributed by atoms with van der Waals surface area (Å²) in [5.74, 6) is 0. The summed E-state index contributed by atoms with van der Waals surface area (Å²) in [6.07, 6.45) is 0.964. The molecule has 1 aliphatic carbocycles. The van der Waals surface area contributed by atoms with Crippen molar-refractivity contribution in [2.45, 2.75) is 6.42 Å². The summed E-state index contributed by atoms with van der Waals surface area (Å²) in [7, 11) is 0. The van der Waals surface area contributed by atoms with Crippen LogP contribution in [-0.4, -0.2) is 11.7 Å². The van der Waals surface area contributed by atoms with Crippen LogP contribution < -0.4 is 0 Å². The second-order valence-electron chi connectivity index (χ2n) is 1.92. The minimum atomic E-state index is -0.278. The molecule has 0 saturated carbocycles. The number of allylic oxidation sites excluding steroid dienone is 2. The second kappa shape index (κ2) is 0.618. The van der Waals surface area contributed by atoms with Crippen LogP contribution in [0.1, 0.15) is 6.42 Å². The Bertz CT molecular complexity index is 173. The van der Waals surface area contributed by atoms with Gasteiger partial charge >= 0.3 is 6.85 Å². The molecule has 4 heteroatoms. The molecule has 1 aliphatic heterocycles. The van der Waals surface area contributed by atoms with Crippen LogP contribution in [0.4, 0.5) is 0 Å². The van der Waals surface area contributed by atoms with Crippen LogP contribution in [-0.2, 0) is 0 Å². The molecule has 0 spiro atoms. The van der Waals surface area contributed by atoms with E-state index in [1.807, 2.05) is 0 Å². The summed E-state index contributed by atoms with van der Waals surface area (Å²) in [6, 6.07) is 0. The summed E-state index contributed by atoms with van der Waals surface area (Å²) in [6.45, 7) is -0.278. The third kappa shape index (κ3) is 0.231. The lowest BCUT2D eigenvalue weighted by molar-refractivity contribution is -0.325. The smallest absolute Gasteiger partial charge is 0.293 e. The third-order valence-corrected chi connectivity index (χ3v) is 1.46. The zero-order valence-corrected chi connectivity index (χ0v) is 3.55. The average molecular weight is 94.9 g/mol. The van der Waals surface area contributed by atoms with E-state index in [4.69, 9.17) is 0 Å². The van der Waals surface area contributed by atoms with Crippen LogP contribution in [0, 0.1) is 10.1 Å². The van der Waals surface area contributed by atoms with E-state index in [2.05, 4.69) is 0 Å². The summed E-state index contributed by atoms with van der Waals surface area (Å²) in [5, 5.41) is 9.77. The average Bonchev–Trinajstić information content (AvgIpc) is 2.02. The molecule has 0 saturated heterocycles. The van der Waals surface area contributed by atoms with Crippen molar-refractivity contribution in [3.8, 4) is 0 Å². The normalized spacial score (nSPS) is 22.0. The van der Waals surface area contributed by atoms with E-state index in [1.165, 1.54) is 0 Å². The minimum absolute atomic E-state index is 0.228. The van der Waals surface area contributed by atoms with Crippen LogP contribution in [0.3, 0.4) is 0 Å². The number of hydrogen-bond donors (Lipinski definition) is 0. The van der Waals surface area contributed by atoms with Crippen LogP contribution in [0.5, 0.6) is 0 Å². The molecule has 0 aromatic heterocycles. The van der Waals surface area contributed by atoms with Gasteiger partial charge in [0, 0.05) is 0 Å². The predicted octanol–water partition coefficient (Wildman–Crippen LogP) is 0.0469. The van der Waals surface area contributed by atoms with Gasteiger partial charge in [-0.25, -0.2) is 0 Å². The van der Waals surface area contributed by atoms with Crippen molar-refractivity contribution in [1.29, 1.82) is 0 Å². The predicted molar refractivity (Wildman–Crippen MR) is 24.4 cm³/mol. The van der Waals surface area contributed by atoms with Gasteiger partial charge in [-0.15, -0.1) is 0 Å². The van der Waals surface area contributed by atoms with E-state index in [0.29, 0.717) is 0 Å². The Labute approximate surface area is 40.3 Å². The van der Waals surface area contributed by atoms with Crippen LogP contribution >= 0.6 is 0 Å². The molecule has 0 amide bonds. The number of nitro groups is 1. The molecule has 0 atom stereocenters. The molecular formula is C3H2BNO2. The van der Waals surface area contributed by atoms with Crippen molar-refractivity contribution in [2.75, 3.05) is 0 Å². The van der Waals surface area contributed by atoms with E-state index < -0.39 is 0 Å². The molecule has 34 valence electrons. The maximum atomic E-state index is 9.77. The number of nitrogens with zero attached hydrogens (tertiary/aromatic N) is 1. The fraction of sp³-hybridized carbons (Fsp3) is 0.333. The quantitative estimate of drug-likeness (QED) is 0.262. The molecule has 0 bridgehead atoms. The lowest BCUT2D eigenvalue weighted by atomic mass is 9.66. The minimum Gasteiger partial charge on any atom is -0.293 e. The Balaban J connectivity index is 2.06. The molecule has 0 fully saturated rings. The summed E-state index contributed by atoms with van der Waals surface area (Å²) in [5.41, 5.74) is 2.18. The van der Waals surface area contributed by atoms with E-state index in [-0.39, 0.29) is 11.7 Å². The molecule has 0 unspecified atom stereocenters. The maximum absolute atomic E-state index is 9.77. The van der Waals surface area contributed by atoms with Gasteiger partial charge in [0.2, 0.25) is 0 Å². The number of hydrogen-bond acceptors (Lipinski definition) is 2. The molecule has 0 aromatic carbocycles. The molecule has 7 heavy (non-hydrogen) atoms. The van der Waals surface area contributed by atoms with Gasteiger partial charge < -0.3 is 0 Å². The van der Waals surface area contributed by atoms with E-state index >= 15 is 0 Å². The third-order valence-electron chi connectivity index (χ3n) is 1.46. The lowest BCUT2D eigenvalue weighted by Crippen LogP contribution is -2.17. The zero-order chi connectivity index (χ0) is 5.02. The molecular weight excluding hydrogens is 92.8 g/mol. The highest BCUT2D eigenvalue weighted by atomic mass is 16.6. The SMILES string of the molecule is O=[N+]([O-])B1C2=C1C2. The zero-order valence-electron chi connectivity index (χ0n) is 3.55. The molecule has 0 N–H and O–H groups in total. The van der Waals surface area contributed by atoms with Gasteiger partial charge in [0.1, 0.15) is 0 Å². The Kier molecular flexibility index (Phi) is 0.286. The monoisotopic (exact) mass is 95.0 g/mol. The van der Waals surface area contributed by atoms with Gasteiger partial charge in [0.05, 0.1) is 0 Å². The summed E-state index contributed by atoms with van der Waals surface area (Å²) >= 11 is 0. The van der Waals surface area contributed by atoms with Crippen LogP contribution in [0.15, 0.2) is 10.9 Å². The van der Waals surface area contributed by atoms with Crippen LogP contribution in [0.2, 0.25) is 0 Å². The first-order valence-corrected chi connectivity index (χ1v) is 2.16. The summed E-state index contributed by atoms with van der Waals surface area (Å²) in [4.78, 5) is 9.54. The maximum Gasteiger partial charge on any atom is 0.608 e. The van der Waals surface area contributed by atoms with Crippen molar-refractivity contribution in [1.82, 2.24) is 0 Å². The van der Waals surface area contributed by atoms with E-state index in [0.717, 1.165) is 17.4 Å². The van der Waals surface area contributed by atoms with Gasteiger partial charge in [0.25, 0.3) is 0 Å². The Morgan fingerprint density at radius 1 is 1.71 bits per heavy atom. The van der Waals surface area contributed by atoms with Gasteiger partial charge in [-0.2, -0.15) is 0 Å². The van der Waals surface area contributed by atoms with Crippen LogP contribution in [0.25, 0.3) is 0 Å². The van der Waals surface area contributed by atoms with Crippen molar-refractivity contribution >= 4 is 6.85 Å². The fourth-order valence-corrected chi connectivity index (χ4v) is 0.781. The highest BCUT2D eigenvalue weighted by Crippen LogP contribution is 2.52. The highest BCUT2D eigenvalue weighted by Gasteiger charge is 2.68. The highest BCUT2D eigenvalue weighted by molar-refractivity contribution is 6.84. The fourth-order valence-electron chi connectivity index (χ4n) is 0.781. The topological polar surface area (TPSA) is 43.1 Å². The molecule has 2 rings (SSSR count). The molecule has 2 aliphatic rings. The molecule has 0 aromatic rings. The summed E-state index contributed by atoms with van der Waals surface area (Å²) < 4.78 is 0. The second-order valence-corrected chi connectivity index (χ2v) is 1.92. The molecule has 0 radical (unpaired) electrons. The lowest BCUT2D eigenvalue weighted by Gasteiger charge is -1.87. The Morgan fingerprint density at radius 2 is 2.29 bits per heavy atom. The van der Waals surface area contributed by atoms with Crippen molar-refractivity contribution in [3.05, 3.63) is 21.1 Å². The van der Waals surface area contributed by atoms with Crippen molar-refractivity contribution < 1.29 is 4.83 Å². The Morgan fingerprint density at radius 3 is 2.29 bits per heavy atom. The number of rotatable bonds is 1. The molecule has 1 heterocycles. The van der Waals surface area contributed by atoms with Gasteiger partial charge in [-0.3, -0.25) is 10.1 Å².